The zero-order valence-corrected chi connectivity index (χ0v) is 19.4. The van der Waals surface area contributed by atoms with Crippen LogP contribution in [0.2, 0.25) is 0 Å². The van der Waals surface area contributed by atoms with E-state index in [1.165, 1.54) is 23.5 Å². The fourth-order valence-corrected chi connectivity index (χ4v) is 4.61. The molecule has 6 heteroatoms. The van der Waals surface area contributed by atoms with E-state index in [2.05, 4.69) is 22.8 Å². The molecule has 3 N–H and O–H groups in total. The molecule has 1 heterocycles. The highest BCUT2D eigenvalue weighted by Gasteiger charge is 2.28. The summed E-state index contributed by atoms with van der Waals surface area (Å²) >= 11 is 2.98. The Hall–Kier alpha value is -2.62. The minimum atomic E-state index is -0.679. The minimum absolute atomic E-state index is 0.0881. The summed E-state index contributed by atoms with van der Waals surface area (Å²) in [5.74, 6) is 2.53. The summed E-state index contributed by atoms with van der Waals surface area (Å²) in [6.45, 7) is 9.40. The lowest BCUT2D eigenvalue weighted by Crippen LogP contribution is -2.49. The number of carbonyl (C=O) groups excluding carboxylic acids is 1. The number of rotatable bonds is 8. The Balaban J connectivity index is 2.23. The van der Waals surface area contributed by atoms with Crippen molar-refractivity contribution >= 4 is 40.3 Å². The number of terminal acetylenes is 1. The van der Waals surface area contributed by atoms with E-state index in [4.69, 9.17) is 12.2 Å². The molecule has 2 aromatic rings. The highest BCUT2D eigenvalue weighted by Crippen LogP contribution is 2.33. The number of nitrogens with one attached hydrogen (secondary N) is 1. The molecule has 0 aliphatic rings. The van der Waals surface area contributed by atoms with Crippen LogP contribution >= 0.6 is 23.5 Å². The molecule has 1 amide bonds. The van der Waals surface area contributed by atoms with Gasteiger partial charge in [-0.3, -0.25) is 9.78 Å². The van der Waals surface area contributed by atoms with Gasteiger partial charge in [-0.2, -0.15) is 0 Å². The van der Waals surface area contributed by atoms with Crippen molar-refractivity contribution in [2.45, 2.75) is 35.8 Å². The van der Waals surface area contributed by atoms with E-state index in [1.54, 1.807) is 30.5 Å². The lowest BCUT2D eigenvalue weighted by atomic mass is 10.0. The Labute approximate surface area is 187 Å². The molecule has 0 saturated carbocycles. The highest BCUT2D eigenvalue weighted by atomic mass is 32.2. The van der Waals surface area contributed by atoms with Crippen LogP contribution in [0.25, 0.3) is 10.9 Å². The number of allylic oxidation sites excluding steroid dienone is 4. The zero-order chi connectivity index (χ0) is 22.3. The summed E-state index contributed by atoms with van der Waals surface area (Å²) in [6.07, 6.45) is 16.1. The lowest BCUT2D eigenvalue weighted by molar-refractivity contribution is -0.120. The van der Waals surface area contributed by atoms with Gasteiger partial charge in [0.2, 0.25) is 5.91 Å². The number of hydrogen-bond acceptors (Lipinski definition) is 5. The molecule has 0 saturated heterocycles. The molecule has 1 aromatic carbocycles. The van der Waals surface area contributed by atoms with Gasteiger partial charge >= 0.3 is 0 Å². The van der Waals surface area contributed by atoms with Crippen molar-refractivity contribution in [3.8, 4) is 12.3 Å². The number of hydrogen-bond donors (Lipinski definition) is 2. The van der Waals surface area contributed by atoms with Crippen molar-refractivity contribution in [3.05, 3.63) is 72.1 Å². The number of pyridine rings is 1. The van der Waals surface area contributed by atoms with Gasteiger partial charge in [0, 0.05) is 27.7 Å². The van der Waals surface area contributed by atoms with Crippen LogP contribution in [0.5, 0.6) is 0 Å². The summed E-state index contributed by atoms with van der Waals surface area (Å²) in [4.78, 5) is 18.4. The summed E-state index contributed by atoms with van der Waals surface area (Å²) in [5.41, 5.74) is 8.74. The average molecular weight is 438 g/mol. The van der Waals surface area contributed by atoms with Crippen molar-refractivity contribution in [2.75, 3.05) is 6.26 Å². The summed E-state index contributed by atoms with van der Waals surface area (Å²) in [6, 6.07) is 6.02. The number of nitrogens with two attached hydrogens (primary N) is 1. The smallest absolute Gasteiger partial charge is 0.244 e. The molecule has 156 valence electrons. The molecular formula is C24H27N3OS2. The SMILES string of the molecule is C#Cc1cnc2c(C)cc(SC(SC)C(=O)NC(C)(C)/C(N)=C/C=C\C=C)cc2c1. The van der Waals surface area contributed by atoms with Gasteiger partial charge in [0.25, 0.3) is 0 Å². The number of nitrogens with zero attached hydrogens (tertiary/aromatic N) is 1. The standard InChI is InChI=1S/C24H27N3OS2/c1-7-9-10-11-20(25)24(4,5)27-22(28)23(29-6)30-19-12-16(3)21-18(14-19)13-17(8-2)15-26-21/h2,7,9-15,23H,1,25H2,3-6H3,(H,27,28)/b10-9-,20-11-. The lowest BCUT2D eigenvalue weighted by Gasteiger charge is -2.28. The molecule has 1 aromatic heterocycles. The second kappa shape index (κ2) is 10.4. The predicted molar refractivity (Wildman–Crippen MR) is 131 cm³/mol. The monoisotopic (exact) mass is 437 g/mol. The molecule has 4 nitrogen and oxygen atoms in total. The first kappa shape index (κ1) is 23.7. The molecule has 0 fully saturated rings. The van der Waals surface area contributed by atoms with Crippen LogP contribution in [0, 0.1) is 19.3 Å². The molecule has 0 radical (unpaired) electrons. The van der Waals surface area contributed by atoms with Gasteiger partial charge in [0.05, 0.1) is 11.1 Å². The maximum Gasteiger partial charge on any atom is 0.244 e. The van der Waals surface area contributed by atoms with Crippen molar-refractivity contribution in [3.63, 3.8) is 0 Å². The van der Waals surface area contributed by atoms with E-state index in [-0.39, 0.29) is 10.5 Å². The average Bonchev–Trinajstić information content (AvgIpc) is 2.71. The normalized spacial score (nSPS) is 13.2. The van der Waals surface area contributed by atoms with Crippen LogP contribution < -0.4 is 11.1 Å². The first-order valence-corrected chi connectivity index (χ1v) is 11.5. The second-order valence-corrected chi connectivity index (χ2v) is 9.64. The van der Waals surface area contributed by atoms with E-state index >= 15 is 0 Å². The van der Waals surface area contributed by atoms with Gasteiger partial charge in [-0.25, -0.2) is 0 Å². The topological polar surface area (TPSA) is 68.0 Å². The van der Waals surface area contributed by atoms with E-state index in [9.17, 15) is 4.79 Å². The molecule has 2 rings (SSSR count). The van der Waals surface area contributed by atoms with Gasteiger partial charge in [-0.15, -0.1) is 29.9 Å². The van der Waals surface area contributed by atoms with Crippen LogP contribution in [-0.4, -0.2) is 27.3 Å². The number of benzene rings is 1. The third-order valence-corrected chi connectivity index (χ3v) is 6.91. The van der Waals surface area contributed by atoms with Gasteiger partial charge < -0.3 is 11.1 Å². The molecule has 0 bridgehead atoms. The number of carbonyl (C=O) groups is 1. The minimum Gasteiger partial charge on any atom is -0.400 e. The molecular weight excluding hydrogens is 410 g/mol. The van der Waals surface area contributed by atoms with Crippen molar-refractivity contribution in [2.24, 2.45) is 5.73 Å². The van der Waals surface area contributed by atoms with Gasteiger partial charge in [0.1, 0.15) is 4.58 Å². The number of aromatic nitrogens is 1. The quantitative estimate of drug-likeness (QED) is 0.269. The third-order valence-electron chi connectivity index (χ3n) is 4.47. The van der Waals surface area contributed by atoms with Crippen LogP contribution in [0.3, 0.4) is 0 Å². The van der Waals surface area contributed by atoms with Crippen molar-refractivity contribution < 1.29 is 4.79 Å². The Morgan fingerprint density at radius 1 is 1.37 bits per heavy atom. The zero-order valence-electron chi connectivity index (χ0n) is 17.7. The largest absolute Gasteiger partial charge is 0.400 e. The maximum atomic E-state index is 13.0. The van der Waals surface area contributed by atoms with Crippen LogP contribution in [-0.2, 0) is 4.79 Å². The van der Waals surface area contributed by atoms with E-state index in [1.807, 2.05) is 45.2 Å². The van der Waals surface area contributed by atoms with Crippen molar-refractivity contribution in [1.82, 2.24) is 10.3 Å². The van der Waals surface area contributed by atoms with Gasteiger partial charge in [0.15, 0.2) is 0 Å². The molecule has 1 atom stereocenters. The Bertz CT molecular complexity index is 1050. The summed E-state index contributed by atoms with van der Waals surface area (Å²) < 4.78 is -0.332. The fraction of sp³-hybridized carbons (Fsp3) is 0.250. The molecule has 0 aliphatic carbocycles. The number of thioether (sulfide) groups is 2. The number of amides is 1. The van der Waals surface area contributed by atoms with E-state index in [0.29, 0.717) is 5.70 Å². The predicted octanol–water partition coefficient (Wildman–Crippen LogP) is 4.79. The van der Waals surface area contributed by atoms with E-state index < -0.39 is 5.54 Å². The fourth-order valence-electron chi connectivity index (χ4n) is 2.76. The Morgan fingerprint density at radius 2 is 2.10 bits per heavy atom. The van der Waals surface area contributed by atoms with Crippen molar-refractivity contribution in [1.29, 1.82) is 0 Å². The first-order valence-electron chi connectivity index (χ1n) is 9.35. The van der Waals surface area contributed by atoms with Gasteiger partial charge in [-0.05, 0) is 56.9 Å². The maximum absolute atomic E-state index is 13.0. The van der Waals surface area contributed by atoms with E-state index in [0.717, 1.165) is 26.9 Å². The first-order chi connectivity index (χ1) is 14.2. The Kier molecular flexibility index (Phi) is 8.22. The summed E-state index contributed by atoms with van der Waals surface area (Å²) in [7, 11) is 0. The van der Waals surface area contributed by atoms with Crippen LogP contribution in [0.1, 0.15) is 25.0 Å². The second-order valence-electron chi connectivity index (χ2n) is 7.22. The van der Waals surface area contributed by atoms with Crippen LogP contribution in [0.15, 0.2) is 65.9 Å². The summed E-state index contributed by atoms with van der Waals surface area (Å²) in [5, 5.41) is 4.02. The third kappa shape index (κ3) is 5.94. The number of fused-ring (bicyclic) bond motifs is 1. The molecule has 1 unspecified atom stereocenters. The Morgan fingerprint density at radius 3 is 2.73 bits per heavy atom. The van der Waals surface area contributed by atoms with Crippen LogP contribution in [0.4, 0.5) is 0 Å². The molecule has 0 spiro atoms. The molecule has 30 heavy (non-hydrogen) atoms. The molecule has 0 aliphatic heterocycles. The van der Waals surface area contributed by atoms with Gasteiger partial charge in [-0.1, -0.05) is 30.7 Å². The highest BCUT2D eigenvalue weighted by molar-refractivity contribution is 8.17. The number of aryl methyl sites for hydroxylation is 1.